The van der Waals surface area contributed by atoms with Gasteiger partial charge < -0.3 is 15.1 Å². The van der Waals surface area contributed by atoms with E-state index in [0.29, 0.717) is 89.4 Å². The molecule has 0 atom stereocenters. The molecule has 0 fully saturated rings. The van der Waals surface area contributed by atoms with Crippen LogP contribution in [0.15, 0.2) is 141 Å². The first-order chi connectivity index (χ1) is 32.0. The number of hydrogen-bond acceptors (Lipinski definition) is 11. The topological polar surface area (TPSA) is 312 Å². The minimum atomic E-state index is -4.55. The van der Waals surface area contributed by atoms with Gasteiger partial charge in [0.2, 0.25) is 0 Å². The third-order valence-electron chi connectivity index (χ3n) is 10.5. The zero-order chi connectivity index (χ0) is 48.9. The molecule has 0 amide bonds. The van der Waals surface area contributed by atoms with E-state index in [1.165, 1.54) is 97.1 Å². The summed E-state index contributed by atoms with van der Waals surface area (Å²) < 4.78 is 135. The molecule has 354 valence electrons. The Balaban J connectivity index is 0.00000135. The summed E-state index contributed by atoms with van der Waals surface area (Å²) >= 11 is 0. The van der Waals surface area contributed by atoms with E-state index >= 15 is 0 Å². The quantitative estimate of drug-likeness (QED) is 0.0555. The molecule has 0 saturated carbocycles. The van der Waals surface area contributed by atoms with Crippen LogP contribution >= 0.6 is 0 Å². The molecule has 0 aliphatic carbocycles. The van der Waals surface area contributed by atoms with Crippen molar-refractivity contribution in [3.8, 4) is 44.5 Å². The second kappa shape index (κ2) is 18.9. The second-order valence-electron chi connectivity index (χ2n) is 15.0. The van der Waals surface area contributed by atoms with Crippen LogP contribution in [0.4, 0.5) is 0 Å². The SMILES string of the molecule is CC(=O)O.O=S(=O)(O)c1ccc(-c2c3nc(c(-c4ccc(S(=O)(=O)O)cc4)c4ccc([nH]4)c(-c4ccc(S(=O)(=O)O)cc4)c4nc(c(-c5ccc(S(=O)(=O)O)cc5)c5ccc2[nH]5)C=C4)C=C3)cc1.[Fe]. The summed E-state index contributed by atoms with van der Waals surface area (Å²) in [7, 11) is -18.2. The maximum atomic E-state index is 12.0. The van der Waals surface area contributed by atoms with Crippen LogP contribution in [0.5, 0.6) is 0 Å². The number of aromatic amines is 2. The van der Waals surface area contributed by atoms with Crippen LogP contribution in [0.25, 0.3) is 90.9 Å². The Bertz CT molecular complexity index is 3410. The molecule has 2 aliphatic heterocycles. The third-order valence-corrected chi connectivity index (χ3v) is 14.0. The number of nitrogens with zero attached hydrogens (tertiary/aromatic N) is 2. The number of hydrogen-bond donors (Lipinski definition) is 7. The van der Waals surface area contributed by atoms with Gasteiger partial charge in [-0.3, -0.25) is 23.0 Å². The van der Waals surface area contributed by atoms with Crippen molar-refractivity contribution in [2.45, 2.75) is 26.5 Å². The molecule has 3 aromatic heterocycles. The van der Waals surface area contributed by atoms with Crippen molar-refractivity contribution >= 4 is 92.8 Å². The van der Waals surface area contributed by atoms with Crippen molar-refractivity contribution in [1.82, 2.24) is 19.9 Å². The average Bonchev–Trinajstić information content (AvgIpc) is 4.11. The fourth-order valence-corrected chi connectivity index (χ4v) is 9.51. The zero-order valence-electron chi connectivity index (χ0n) is 35.1. The van der Waals surface area contributed by atoms with Gasteiger partial charge in [-0.2, -0.15) is 33.7 Å². The van der Waals surface area contributed by atoms with E-state index in [0.717, 1.165) is 6.92 Å². The standard InChI is InChI=1S/C44H30N4O12S4.C2H4O2.Fe/c49-61(50,51)29-9-1-25(2-10-29)41-33-17-19-35(45-33)42(26-3-11-30(12-4-26)62(52,53)54)37-21-23-39(47-37)44(28-7-15-32(16-8-28)64(58,59)60)40-24-22-38(48-40)43(36-20-18-34(41)46-36)27-5-13-31(14-6-27)63(55,56)57;1-2(3)4;/h1-24,45,48H,(H,49,50,51)(H,52,53,54)(H,55,56,57)(H,58,59,60);1H3,(H,3,4);. The van der Waals surface area contributed by atoms with Crippen molar-refractivity contribution in [2.24, 2.45) is 0 Å². The summed E-state index contributed by atoms with van der Waals surface area (Å²) in [6.07, 6.45) is 6.92. The Morgan fingerprint density at radius 1 is 0.377 bits per heavy atom. The Labute approximate surface area is 404 Å². The fourth-order valence-electron chi connectivity index (χ4n) is 7.59. The monoisotopic (exact) mass is 1050 g/mol. The van der Waals surface area contributed by atoms with E-state index in [9.17, 15) is 51.9 Å². The van der Waals surface area contributed by atoms with E-state index < -0.39 is 46.4 Å². The summed E-state index contributed by atoms with van der Waals surface area (Å²) in [6, 6.07) is 29.0. The Kier molecular flexibility index (Phi) is 13.7. The number of aliphatic carboxylic acids is 1. The number of benzene rings is 4. The summed E-state index contributed by atoms with van der Waals surface area (Å²) in [6.45, 7) is 1.08. The van der Waals surface area contributed by atoms with Gasteiger partial charge in [-0.15, -0.1) is 0 Å². The molecule has 0 unspecified atom stereocenters. The van der Waals surface area contributed by atoms with Crippen LogP contribution in [0.2, 0.25) is 0 Å². The molecular weight excluding hydrogens is 1020 g/mol. The number of aromatic nitrogens is 4. The van der Waals surface area contributed by atoms with E-state index in [4.69, 9.17) is 19.9 Å². The molecule has 0 saturated heterocycles. The number of H-pyrrole nitrogens is 2. The molecule has 4 aromatic carbocycles. The molecular formula is C46H34FeN4O14S4. The first kappa shape index (κ1) is 50.0. The van der Waals surface area contributed by atoms with Gasteiger partial charge in [-0.25, -0.2) is 9.97 Å². The van der Waals surface area contributed by atoms with Gasteiger partial charge in [-0.1, -0.05) is 48.5 Å². The first-order valence-corrected chi connectivity index (χ1v) is 25.4. The van der Waals surface area contributed by atoms with Crippen LogP contribution in [-0.4, -0.2) is 82.9 Å². The van der Waals surface area contributed by atoms with Gasteiger partial charge in [-0.05, 0) is 119 Å². The summed E-state index contributed by atoms with van der Waals surface area (Å²) in [5, 5.41) is 7.42. The van der Waals surface area contributed by atoms with E-state index in [1.54, 1.807) is 48.6 Å². The van der Waals surface area contributed by atoms with Crippen molar-refractivity contribution in [2.75, 3.05) is 0 Å². The number of carboxylic acids is 1. The van der Waals surface area contributed by atoms with Crippen LogP contribution < -0.4 is 0 Å². The maximum absolute atomic E-state index is 12.0. The van der Waals surface area contributed by atoms with E-state index in [2.05, 4.69) is 9.97 Å². The maximum Gasteiger partial charge on any atom is 0.300 e. The molecule has 18 nitrogen and oxygen atoms in total. The predicted octanol–water partition coefficient (Wildman–Crippen LogP) is 8.40. The third kappa shape index (κ3) is 10.7. The van der Waals surface area contributed by atoms with Gasteiger partial charge in [0.25, 0.3) is 46.4 Å². The largest absolute Gasteiger partial charge is 0.481 e. The molecule has 9 rings (SSSR count). The number of fused-ring (bicyclic) bond motifs is 8. The molecule has 0 radical (unpaired) electrons. The molecule has 8 bridgehead atoms. The minimum absolute atomic E-state index is 0. The number of rotatable bonds is 8. The van der Waals surface area contributed by atoms with Gasteiger partial charge in [0.15, 0.2) is 0 Å². The van der Waals surface area contributed by atoms with Crippen LogP contribution in [-0.2, 0) is 62.3 Å². The van der Waals surface area contributed by atoms with Crippen molar-refractivity contribution in [3.05, 3.63) is 144 Å². The molecule has 0 spiro atoms. The van der Waals surface area contributed by atoms with Gasteiger partial charge in [0, 0.05) is 68.3 Å². The van der Waals surface area contributed by atoms with E-state index in [1.807, 2.05) is 0 Å². The van der Waals surface area contributed by atoms with Crippen molar-refractivity contribution in [3.63, 3.8) is 0 Å². The van der Waals surface area contributed by atoms with Crippen molar-refractivity contribution in [1.29, 1.82) is 0 Å². The fraction of sp³-hybridized carbons (Fsp3) is 0.0217. The smallest absolute Gasteiger partial charge is 0.300 e. The van der Waals surface area contributed by atoms with Gasteiger partial charge in [0.1, 0.15) is 0 Å². The molecule has 7 N–H and O–H groups in total. The molecule has 23 heteroatoms. The predicted molar refractivity (Wildman–Crippen MR) is 253 cm³/mol. The second-order valence-corrected chi connectivity index (χ2v) is 20.7. The molecule has 5 heterocycles. The molecule has 69 heavy (non-hydrogen) atoms. The molecule has 7 aromatic rings. The van der Waals surface area contributed by atoms with Crippen LogP contribution in [0.3, 0.4) is 0 Å². The van der Waals surface area contributed by atoms with Gasteiger partial charge in [0.05, 0.1) is 42.4 Å². The normalized spacial score (nSPS) is 12.5. The van der Waals surface area contributed by atoms with Gasteiger partial charge >= 0.3 is 0 Å². The van der Waals surface area contributed by atoms with Crippen LogP contribution in [0.1, 0.15) is 29.7 Å². The number of carbonyl (C=O) groups is 1. The summed E-state index contributed by atoms with van der Waals surface area (Å²) in [5.74, 6) is -0.833. The Hall–Kier alpha value is -6.89. The van der Waals surface area contributed by atoms with E-state index in [-0.39, 0.29) is 36.7 Å². The molecule has 2 aliphatic rings. The van der Waals surface area contributed by atoms with Crippen LogP contribution in [0, 0.1) is 0 Å². The summed E-state index contributed by atoms with van der Waals surface area (Å²) in [5.41, 5.74) is 7.41. The number of nitrogens with one attached hydrogen (secondary N) is 2. The zero-order valence-corrected chi connectivity index (χ0v) is 39.5. The summed E-state index contributed by atoms with van der Waals surface area (Å²) in [4.78, 5) is 24.6. The first-order valence-electron chi connectivity index (χ1n) is 19.6. The number of carboxylic acid groups (broad SMARTS) is 1. The van der Waals surface area contributed by atoms with Crippen molar-refractivity contribution < 1.29 is 78.9 Å². The average molecular weight is 1050 g/mol. The minimum Gasteiger partial charge on any atom is -0.481 e. The Morgan fingerprint density at radius 2 is 0.551 bits per heavy atom. The Morgan fingerprint density at radius 3 is 0.710 bits per heavy atom.